The van der Waals surface area contributed by atoms with E-state index in [4.69, 9.17) is 5.73 Å². The first kappa shape index (κ1) is 12.1. The van der Waals surface area contributed by atoms with Gasteiger partial charge in [0, 0.05) is 17.8 Å². The number of nitrogen functional groups attached to an aromatic ring is 1. The van der Waals surface area contributed by atoms with E-state index in [1.165, 1.54) is 32.1 Å². The van der Waals surface area contributed by atoms with E-state index in [1.807, 2.05) is 19.1 Å². The summed E-state index contributed by atoms with van der Waals surface area (Å²) in [7, 11) is 0. The number of aromatic nitrogens is 4. The number of rotatable bonds is 2. The monoisotopic (exact) mass is 257 g/mol. The zero-order chi connectivity index (χ0) is 13.2. The van der Waals surface area contributed by atoms with Crippen LogP contribution in [-0.4, -0.2) is 19.7 Å². The molecule has 0 saturated heterocycles. The number of nitrogens with two attached hydrogens (primary N) is 1. The zero-order valence-corrected chi connectivity index (χ0v) is 11.2. The average Bonchev–Trinajstić information content (AvgIpc) is 2.82. The van der Waals surface area contributed by atoms with Crippen LogP contribution < -0.4 is 5.73 Å². The number of hydrogen-bond acceptors (Lipinski definition) is 4. The molecule has 0 amide bonds. The van der Waals surface area contributed by atoms with Crippen LogP contribution >= 0.6 is 0 Å². The van der Waals surface area contributed by atoms with Crippen LogP contribution in [0.2, 0.25) is 0 Å². The molecule has 2 N–H and O–H groups in total. The Morgan fingerprint density at radius 3 is 2.63 bits per heavy atom. The highest BCUT2D eigenvalue weighted by atomic mass is 15.3. The standard InChI is InChI=1S/C14H19N5/c1-10-17-18-14(11-7-8-13(15)16-9-11)19(10)12-5-3-2-4-6-12/h7-9,12H,2-6H2,1H3,(H2,15,16). The topological polar surface area (TPSA) is 69.6 Å². The number of anilines is 1. The predicted molar refractivity (Wildman–Crippen MR) is 74.5 cm³/mol. The number of nitrogens with zero attached hydrogens (tertiary/aromatic N) is 4. The van der Waals surface area contributed by atoms with E-state index in [0.717, 1.165) is 17.2 Å². The van der Waals surface area contributed by atoms with Crippen molar-refractivity contribution in [1.82, 2.24) is 19.7 Å². The van der Waals surface area contributed by atoms with Gasteiger partial charge in [-0.15, -0.1) is 10.2 Å². The molecule has 5 nitrogen and oxygen atoms in total. The first-order valence-electron chi connectivity index (χ1n) is 6.89. The average molecular weight is 257 g/mol. The van der Waals surface area contributed by atoms with Gasteiger partial charge in [-0.1, -0.05) is 19.3 Å². The third-order valence-corrected chi connectivity index (χ3v) is 3.85. The van der Waals surface area contributed by atoms with Crippen LogP contribution in [0.1, 0.15) is 44.0 Å². The molecule has 1 aliphatic rings. The summed E-state index contributed by atoms with van der Waals surface area (Å²) in [6.07, 6.45) is 8.14. The van der Waals surface area contributed by atoms with Gasteiger partial charge < -0.3 is 10.3 Å². The highest BCUT2D eigenvalue weighted by molar-refractivity contribution is 5.56. The van der Waals surface area contributed by atoms with E-state index in [9.17, 15) is 0 Å². The fourth-order valence-electron chi connectivity index (χ4n) is 2.88. The molecule has 100 valence electrons. The molecule has 0 aliphatic heterocycles. The van der Waals surface area contributed by atoms with Gasteiger partial charge in [-0.25, -0.2) is 4.98 Å². The molecular formula is C14H19N5. The molecule has 0 unspecified atom stereocenters. The zero-order valence-electron chi connectivity index (χ0n) is 11.2. The Hall–Kier alpha value is -1.91. The van der Waals surface area contributed by atoms with Gasteiger partial charge in [0.25, 0.3) is 0 Å². The van der Waals surface area contributed by atoms with Crippen LogP contribution in [0.15, 0.2) is 18.3 Å². The fraction of sp³-hybridized carbons (Fsp3) is 0.500. The second-order valence-electron chi connectivity index (χ2n) is 5.20. The lowest BCUT2D eigenvalue weighted by molar-refractivity contribution is 0.350. The summed E-state index contributed by atoms with van der Waals surface area (Å²) in [6.45, 7) is 2.02. The Kier molecular flexibility index (Phi) is 3.19. The minimum atomic E-state index is 0.524. The molecule has 0 atom stereocenters. The SMILES string of the molecule is Cc1nnc(-c2ccc(N)nc2)n1C1CCCCC1. The van der Waals surface area contributed by atoms with E-state index in [2.05, 4.69) is 19.7 Å². The molecule has 0 bridgehead atoms. The molecule has 1 aliphatic carbocycles. The third kappa shape index (κ3) is 2.32. The molecule has 2 heterocycles. The number of aryl methyl sites for hydroxylation is 1. The summed E-state index contributed by atoms with van der Waals surface area (Å²) in [6, 6.07) is 4.30. The van der Waals surface area contributed by atoms with Gasteiger partial charge in [-0.2, -0.15) is 0 Å². The molecule has 1 saturated carbocycles. The summed E-state index contributed by atoms with van der Waals surface area (Å²) in [5.41, 5.74) is 6.62. The summed E-state index contributed by atoms with van der Waals surface area (Å²) in [4.78, 5) is 4.15. The van der Waals surface area contributed by atoms with E-state index in [-0.39, 0.29) is 0 Å². The van der Waals surface area contributed by atoms with Crippen LogP contribution in [0.3, 0.4) is 0 Å². The third-order valence-electron chi connectivity index (χ3n) is 3.85. The Labute approximate surface area is 112 Å². The minimum absolute atomic E-state index is 0.524. The van der Waals surface area contributed by atoms with Gasteiger partial charge in [-0.3, -0.25) is 0 Å². The van der Waals surface area contributed by atoms with E-state index in [0.29, 0.717) is 11.9 Å². The summed E-state index contributed by atoms with van der Waals surface area (Å²) < 4.78 is 2.27. The summed E-state index contributed by atoms with van der Waals surface area (Å²) in [5.74, 6) is 2.43. The Balaban J connectivity index is 1.99. The summed E-state index contributed by atoms with van der Waals surface area (Å²) >= 11 is 0. The van der Waals surface area contributed by atoms with Crippen molar-refractivity contribution in [3.8, 4) is 11.4 Å². The number of hydrogen-bond donors (Lipinski definition) is 1. The minimum Gasteiger partial charge on any atom is -0.384 e. The maximum Gasteiger partial charge on any atom is 0.165 e. The molecule has 0 aromatic carbocycles. The Morgan fingerprint density at radius 1 is 1.16 bits per heavy atom. The van der Waals surface area contributed by atoms with Crippen molar-refractivity contribution in [2.75, 3.05) is 5.73 Å². The van der Waals surface area contributed by atoms with Gasteiger partial charge in [0.2, 0.25) is 0 Å². The fourth-order valence-corrected chi connectivity index (χ4v) is 2.88. The van der Waals surface area contributed by atoms with Gasteiger partial charge in [0.1, 0.15) is 11.6 Å². The molecule has 1 fully saturated rings. The normalized spacial score (nSPS) is 16.7. The molecule has 0 spiro atoms. The highest BCUT2D eigenvalue weighted by Gasteiger charge is 2.21. The maximum atomic E-state index is 5.64. The quantitative estimate of drug-likeness (QED) is 0.898. The molecule has 3 rings (SSSR count). The first-order valence-corrected chi connectivity index (χ1v) is 6.89. The largest absolute Gasteiger partial charge is 0.384 e. The lowest BCUT2D eigenvalue weighted by Gasteiger charge is -2.25. The van der Waals surface area contributed by atoms with Crippen LogP contribution in [0.4, 0.5) is 5.82 Å². The predicted octanol–water partition coefficient (Wildman–Crippen LogP) is 2.74. The van der Waals surface area contributed by atoms with Crippen LogP contribution in [-0.2, 0) is 0 Å². The lowest BCUT2D eigenvalue weighted by atomic mass is 9.95. The highest BCUT2D eigenvalue weighted by Crippen LogP contribution is 2.32. The van der Waals surface area contributed by atoms with Gasteiger partial charge in [0.15, 0.2) is 5.82 Å². The van der Waals surface area contributed by atoms with Crippen LogP contribution in [0, 0.1) is 6.92 Å². The maximum absolute atomic E-state index is 5.64. The van der Waals surface area contributed by atoms with E-state index < -0.39 is 0 Å². The molecule has 2 aromatic heterocycles. The van der Waals surface area contributed by atoms with Crippen LogP contribution in [0.25, 0.3) is 11.4 Å². The molecule has 19 heavy (non-hydrogen) atoms. The van der Waals surface area contributed by atoms with Crippen molar-refractivity contribution in [1.29, 1.82) is 0 Å². The van der Waals surface area contributed by atoms with E-state index >= 15 is 0 Å². The second-order valence-corrected chi connectivity index (χ2v) is 5.20. The van der Waals surface area contributed by atoms with Crippen molar-refractivity contribution in [3.05, 3.63) is 24.2 Å². The molecule has 2 aromatic rings. The Bertz CT molecular complexity index is 552. The van der Waals surface area contributed by atoms with Crippen molar-refractivity contribution >= 4 is 5.82 Å². The van der Waals surface area contributed by atoms with Crippen molar-refractivity contribution in [2.24, 2.45) is 0 Å². The smallest absolute Gasteiger partial charge is 0.165 e. The van der Waals surface area contributed by atoms with Gasteiger partial charge in [-0.05, 0) is 31.9 Å². The molecule has 0 radical (unpaired) electrons. The van der Waals surface area contributed by atoms with E-state index in [1.54, 1.807) is 6.20 Å². The Morgan fingerprint density at radius 2 is 1.95 bits per heavy atom. The second kappa shape index (κ2) is 4.99. The van der Waals surface area contributed by atoms with Crippen molar-refractivity contribution in [2.45, 2.75) is 45.1 Å². The number of pyridine rings is 1. The van der Waals surface area contributed by atoms with Crippen molar-refractivity contribution in [3.63, 3.8) is 0 Å². The first-order chi connectivity index (χ1) is 9.25. The molecular weight excluding hydrogens is 238 g/mol. The molecule has 5 heteroatoms. The van der Waals surface area contributed by atoms with Crippen LogP contribution in [0.5, 0.6) is 0 Å². The van der Waals surface area contributed by atoms with Crippen molar-refractivity contribution < 1.29 is 0 Å². The van der Waals surface area contributed by atoms with Gasteiger partial charge >= 0.3 is 0 Å². The lowest BCUT2D eigenvalue weighted by Crippen LogP contribution is -2.15. The summed E-state index contributed by atoms with van der Waals surface area (Å²) in [5, 5.41) is 8.57. The van der Waals surface area contributed by atoms with Gasteiger partial charge in [0.05, 0.1) is 0 Å².